The van der Waals surface area contributed by atoms with Gasteiger partial charge in [-0.2, -0.15) is 0 Å². The van der Waals surface area contributed by atoms with Crippen LogP contribution in [0.15, 0.2) is 41.6 Å². The van der Waals surface area contributed by atoms with E-state index in [0.29, 0.717) is 22.3 Å². The van der Waals surface area contributed by atoms with Crippen molar-refractivity contribution in [1.29, 1.82) is 0 Å². The number of carbonyl (C=O) groups excluding carboxylic acids is 1. The van der Waals surface area contributed by atoms with Crippen LogP contribution in [0.4, 0.5) is 5.69 Å². The van der Waals surface area contributed by atoms with Crippen LogP contribution in [0.1, 0.15) is 16.7 Å². The van der Waals surface area contributed by atoms with Crippen LogP contribution in [0.2, 0.25) is 0 Å². The molecule has 1 amide bonds. The first-order chi connectivity index (χ1) is 14.5. The maximum absolute atomic E-state index is 12.5. The first-order valence-corrected chi connectivity index (χ1v) is 10.6. The number of benzene rings is 2. The van der Waals surface area contributed by atoms with Gasteiger partial charge in [-0.25, -0.2) is 0 Å². The largest absolute Gasteiger partial charge is 0.454 e. The fraction of sp³-hybridized carbons (Fsp3) is 0.227. The fourth-order valence-electron chi connectivity index (χ4n) is 3.83. The number of aryl methyl sites for hydroxylation is 3. The van der Waals surface area contributed by atoms with Crippen molar-refractivity contribution in [3.05, 3.63) is 53.1 Å². The van der Waals surface area contributed by atoms with Gasteiger partial charge in [0.2, 0.25) is 12.7 Å². The number of thioether (sulfide) groups is 1. The Morgan fingerprint density at radius 3 is 2.77 bits per heavy atom. The Balaban J connectivity index is 1.41. The van der Waals surface area contributed by atoms with Crippen LogP contribution < -0.4 is 14.8 Å². The quantitative estimate of drug-likeness (QED) is 0.497. The number of hydrogen-bond donors (Lipinski definition) is 1. The molecule has 7 nitrogen and oxygen atoms in total. The lowest BCUT2D eigenvalue weighted by molar-refractivity contribution is -0.113. The minimum Gasteiger partial charge on any atom is -0.454 e. The summed E-state index contributed by atoms with van der Waals surface area (Å²) < 4.78 is 12.7. The second-order valence-corrected chi connectivity index (χ2v) is 8.34. The van der Waals surface area contributed by atoms with E-state index in [1.54, 1.807) is 18.2 Å². The van der Waals surface area contributed by atoms with Crippen molar-refractivity contribution >= 4 is 39.9 Å². The third-order valence-corrected chi connectivity index (χ3v) is 5.97. The van der Waals surface area contributed by atoms with Gasteiger partial charge in [-0.1, -0.05) is 23.4 Å². The zero-order valence-electron chi connectivity index (χ0n) is 16.9. The topological polar surface area (TPSA) is 77.8 Å². The molecule has 2 aromatic carbocycles. The van der Waals surface area contributed by atoms with Crippen LogP contribution in [0.5, 0.6) is 11.5 Å². The van der Waals surface area contributed by atoms with E-state index >= 15 is 0 Å². The Bertz CT molecular complexity index is 1320. The number of hydrogen-bond acceptors (Lipinski definition) is 6. The van der Waals surface area contributed by atoms with Crippen molar-refractivity contribution in [2.75, 3.05) is 17.9 Å². The molecule has 0 saturated heterocycles. The van der Waals surface area contributed by atoms with Gasteiger partial charge in [0, 0.05) is 11.8 Å². The Morgan fingerprint density at radius 2 is 1.90 bits per heavy atom. The van der Waals surface area contributed by atoms with E-state index in [0.717, 1.165) is 27.7 Å². The van der Waals surface area contributed by atoms with E-state index in [-0.39, 0.29) is 18.5 Å². The number of carbonyl (C=O) groups is 1. The summed E-state index contributed by atoms with van der Waals surface area (Å²) in [4.78, 5) is 12.5. The summed E-state index contributed by atoms with van der Waals surface area (Å²) in [6.45, 7) is 6.41. The van der Waals surface area contributed by atoms with E-state index in [2.05, 4.69) is 52.0 Å². The van der Waals surface area contributed by atoms with Crippen molar-refractivity contribution in [3.8, 4) is 11.5 Å². The van der Waals surface area contributed by atoms with Crippen LogP contribution in [0.3, 0.4) is 0 Å². The van der Waals surface area contributed by atoms with Crippen LogP contribution in [-0.2, 0) is 4.79 Å². The molecule has 152 valence electrons. The highest BCUT2D eigenvalue weighted by atomic mass is 32.2. The standard InChI is InChI=1S/C22H20N4O3S/c1-12-6-13(2)20-15(7-12)8-14(3)21-24-25-22(26(20)21)30-10-19(27)23-16-4-5-17-18(9-16)29-11-28-17/h4-9H,10-11H2,1-3H3,(H,23,27). The van der Waals surface area contributed by atoms with Crippen molar-refractivity contribution in [3.63, 3.8) is 0 Å². The highest BCUT2D eigenvalue weighted by molar-refractivity contribution is 7.99. The van der Waals surface area contributed by atoms with Crippen LogP contribution >= 0.6 is 11.8 Å². The molecule has 2 aromatic heterocycles. The van der Waals surface area contributed by atoms with Crippen LogP contribution in [-0.4, -0.2) is 33.1 Å². The van der Waals surface area contributed by atoms with Crippen molar-refractivity contribution < 1.29 is 14.3 Å². The normalized spacial score (nSPS) is 12.6. The molecule has 0 atom stereocenters. The minimum absolute atomic E-state index is 0.125. The van der Waals surface area contributed by atoms with E-state index in [1.165, 1.54) is 17.3 Å². The van der Waals surface area contributed by atoms with Gasteiger partial charge >= 0.3 is 0 Å². The first-order valence-electron chi connectivity index (χ1n) is 9.57. The molecule has 0 bridgehead atoms. The van der Waals surface area contributed by atoms with Gasteiger partial charge in [0.25, 0.3) is 0 Å². The number of amides is 1. The second kappa shape index (κ2) is 7.21. The minimum atomic E-state index is -0.125. The number of ether oxygens (including phenoxy) is 2. The van der Waals surface area contributed by atoms with Gasteiger partial charge < -0.3 is 14.8 Å². The maximum atomic E-state index is 12.5. The molecule has 0 aliphatic carbocycles. The van der Waals surface area contributed by atoms with Gasteiger partial charge in [0.1, 0.15) is 0 Å². The third-order valence-electron chi connectivity index (χ3n) is 5.04. The molecule has 0 spiro atoms. The molecule has 0 saturated carbocycles. The molecule has 0 fully saturated rings. The highest BCUT2D eigenvalue weighted by Gasteiger charge is 2.17. The lowest BCUT2D eigenvalue weighted by Crippen LogP contribution is -2.14. The van der Waals surface area contributed by atoms with Crippen molar-refractivity contribution in [2.24, 2.45) is 0 Å². The molecule has 3 heterocycles. The number of nitrogens with one attached hydrogen (secondary N) is 1. The Hall–Kier alpha value is -3.26. The van der Waals surface area contributed by atoms with Gasteiger partial charge in [-0.15, -0.1) is 10.2 Å². The third kappa shape index (κ3) is 3.23. The number of aromatic nitrogens is 3. The zero-order valence-corrected chi connectivity index (χ0v) is 17.7. The molecular weight excluding hydrogens is 400 g/mol. The average molecular weight is 420 g/mol. The average Bonchev–Trinajstić information content (AvgIpc) is 3.32. The molecule has 0 radical (unpaired) electrons. The molecule has 30 heavy (non-hydrogen) atoms. The van der Waals surface area contributed by atoms with Crippen LogP contribution in [0, 0.1) is 20.8 Å². The summed E-state index contributed by atoms with van der Waals surface area (Å²) in [6.07, 6.45) is 0. The highest BCUT2D eigenvalue weighted by Crippen LogP contribution is 2.34. The summed E-state index contributed by atoms with van der Waals surface area (Å²) in [6, 6.07) is 11.8. The number of fused-ring (bicyclic) bond motifs is 4. The monoisotopic (exact) mass is 420 g/mol. The molecule has 8 heteroatoms. The number of nitrogens with zero attached hydrogens (tertiary/aromatic N) is 3. The number of pyridine rings is 1. The fourth-order valence-corrected chi connectivity index (χ4v) is 4.57. The van der Waals surface area contributed by atoms with Gasteiger partial charge in [0.15, 0.2) is 22.3 Å². The molecule has 0 unspecified atom stereocenters. The first kappa shape index (κ1) is 18.7. The summed E-state index contributed by atoms with van der Waals surface area (Å²) in [5, 5.41) is 13.5. The van der Waals surface area contributed by atoms with E-state index < -0.39 is 0 Å². The molecule has 1 aliphatic rings. The Morgan fingerprint density at radius 1 is 1.07 bits per heavy atom. The van der Waals surface area contributed by atoms with E-state index in [4.69, 9.17) is 9.47 Å². The number of anilines is 1. The Labute approximate surface area is 177 Å². The lowest BCUT2D eigenvalue weighted by atomic mass is 10.1. The zero-order chi connectivity index (χ0) is 20.8. The van der Waals surface area contributed by atoms with Gasteiger partial charge in [0.05, 0.1) is 11.3 Å². The van der Waals surface area contributed by atoms with Gasteiger partial charge in [-0.3, -0.25) is 9.20 Å². The van der Waals surface area contributed by atoms with Gasteiger partial charge in [-0.05, 0) is 61.5 Å². The predicted octanol–water partition coefficient (Wildman–Crippen LogP) is 4.27. The molecule has 4 aromatic rings. The summed E-state index contributed by atoms with van der Waals surface area (Å²) >= 11 is 1.37. The van der Waals surface area contributed by atoms with Crippen LogP contribution in [0.25, 0.3) is 16.6 Å². The second-order valence-electron chi connectivity index (χ2n) is 7.39. The van der Waals surface area contributed by atoms with Crippen molar-refractivity contribution in [2.45, 2.75) is 25.9 Å². The molecule has 1 aliphatic heterocycles. The number of rotatable bonds is 4. The smallest absolute Gasteiger partial charge is 0.234 e. The maximum Gasteiger partial charge on any atom is 0.234 e. The molecule has 5 rings (SSSR count). The Kier molecular flexibility index (Phi) is 4.51. The lowest BCUT2D eigenvalue weighted by Gasteiger charge is -2.11. The predicted molar refractivity (Wildman–Crippen MR) is 117 cm³/mol. The molecule has 1 N–H and O–H groups in total. The van der Waals surface area contributed by atoms with E-state index in [9.17, 15) is 4.79 Å². The summed E-state index contributed by atoms with van der Waals surface area (Å²) in [5.41, 5.74) is 5.98. The summed E-state index contributed by atoms with van der Waals surface area (Å²) in [5.74, 6) is 1.41. The molecular formula is C22H20N4O3S. The van der Waals surface area contributed by atoms with E-state index in [1.807, 2.05) is 6.92 Å². The SMILES string of the molecule is Cc1cc(C)c2c(c1)cc(C)c1nnc(SCC(=O)Nc3ccc4c(c3)OCO4)n12. The summed E-state index contributed by atoms with van der Waals surface area (Å²) in [7, 11) is 0. The van der Waals surface area contributed by atoms with Crippen molar-refractivity contribution in [1.82, 2.24) is 14.6 Å².